The van der Waals surface area contributed by atoms with Crippen molar-refractivity contribution >= 4 is 44.3 Å². The third kappa shape index (κ3) is 5.25. The van der Waals surface area contributed by atoms with E-state index >= 15 is 0 Å². The lowest BCUT2D eigenvalue weighted by molar-refractivity contribution is 0.914. The quantitative estimate of drug-likeness (QED) is 0.426. The molecule has 14 heavy (non-hydrogen) atoms. The fourth-order valence-corrected chi connectivity index (χ4v) is 2.66. The third-order valence-electron chi connectivity index (χ3n) is 1.83. The van der Waals surface area contributed by atoms with Gasteiger partial charge in [-0.05, 0) is 24.1 Å². The molecule has 0 heterocycles. The highest BCUT2D eigenvalue weighted by atomic mass is 35.5. The third-order valence-corrected chi connectivity index (χ3v) is 3.94. The van der Waals surface area contributed by atoms with Gasteiger partial charge in [-0.15, -0.1) is 23.2 Å². The number of hydrogen-bond donors (Lipinski definition) is 0. The van der Waals surface area contributed by atoms with Crippen LogP contribution in [0.15, 0.2) is 24.3 Å². The summed E-state index contributed by atoms with van der Waals surface area (Å²) in [6, 6.07) is 9.05. The largest absolute Gasteiger partial charge is 0.110 e. The normalized spacial score (nSPS) is 10.9. The van der Waals surface area contributed by atoms with Crippen molar-refractivity contribution in [1.82, 2.24) is 0 Å². The van der Waals surface area contributed by atoms with Crippen molar-refractivity contribution in [3.63, 3.8) is 0 Å². The van der Waals surface area contributed by atoms with Crippen LogP contribution in [-0.4, -0.2) is 14.0 Å². The zero-order valence-electron chi connectivity index (χ0n) is 7.64. The Hall–Kier alpha value is 0.307. The maximum Gasteiger partial charge on any atom is 0.0929 e. The second kappa shape index (κ2) is 6.73. The van der Waals surface area contributed by atoms with Crippen LogP contribution in [0.3, 0.4) is 0 Å². The number of halogens is 3. The Morgan fingerprint density at radius 3 is 2.71 bits per heavy atom. The number of alkyl halides is 2. The number of aryl methyl sites for hydroxylation is 1. The molecule has 0 aliphatic carbocycles. The first kappa shape index (κ1) is 12.4. The summed E-state index contributed by atoms with van der Waals surface area (Å²) in [6.45, 7) is 0. The van der Waals surface area contributed by atoms with Gasteiger partial charge in [0.15, 0.2) is 0 Å². The van der Waals surface area contributed by atoms with Gasteiger partial charge in [0.1, 0.15) is 0 Å². The van der Waals surface area contributed by atoms with Gasteiger partial charge in [-0.1, -0.05) is 36.2 Å². The van der Waals surface area contributed by atoms with Crippen LogP contribution in [0.2, 0.25) is 11.1 Å². The van der Waals surface area contributed by atoms with Crippen molar-refractivity contribution in [1.29, 1.82) is 0 Å². The van der Waals surface area contributed by atoms with E-state index in [-0.39, 0.29) is 4.46 Å². The molecule has 0 aliphatic rings. The maximum atomic E-state index is 5.87. The molecule has 0 atom stereocenters. The lowest BCUT2D eigenvalue weighted by Gasteiger charge is -2.02. The van der Waals surface area contributed by atoms with E-state index in [2.05, 4.69) is 6.07 Å². The summed E-state index contributed by atoms with van der Waals surface area (Å²) in [6.07, 6.45) is 2.17. The van der Waals surface area contributed by atoms with Crippen molar-refractivity contribution in [2.24, 2.45) is 0 Å². The summed E-state index contributed by atoms with van der Waals surface area (Å²) in [4.78, 5) is 0. The van der Waals surface area contributed by atoms with E-state index in [1.165, 1.54) is 5.56 Å². The van der Waals surface area contributed by atoms with Gasteiger partial charge in [0.25, 0.3) is 0 Å². The first-order valence-corrected chi connectivity index (χ1v) is 6.98. The van der Waals surface area contributed by atoms with Crippen molar-refractivity contribution in [3.8, 4) is 0 Å². The summed E-state index contributed by atoms with van der Waals surface area (Å²) in [5, 5.41) is 0.803. The summed E-state index contributed by atoms with van der Waals surface area (Å²) >= 11 is 17.2. The second-order valence-electron chi connectivity index (χ2n) is 2.99. The molecule has 0 aliphatic heterocycles. The Bertz CT molecular complexity index is 276. The van der Waals surface area contributed by atoms with Gasteiger partial charge in [-0.2, -0.15) is 0 Å². The Kier molecular flexibility index (Phi) is 5.95. The van der Waals surface area contributed by atoms with Crippen LogP contribution < -0.4 is 0 Å². The molecule has 0 spiro atoms. The molecule has 0 fully saturated rings. The zero-order valence-corrected chi connectivity index (χ0v) is 10.9. The topological polar surface area (TPSA) is 0 Å². The zero-order chi connectivity index (χ0) is 10.4. The van der Waals surface area contributed by atoms with Crippen LogP contribution in [0.1, 0.15) is 12.0 Å². The van der Waals surface area contributed by atoms with Crippen LogP contribution in [0.4, 0.5) is 0 Å². The minimum absolute atomic E-state index is 0.200. The van der Waals surface area contributed by atoms with Crippen LogP contribution in [0, 0.1) is 0 Å². The number of hydrogen-bond acceptors (Lipinski definition) is 0. The van der Waals surface area contributed by atoms with E-state index in [4.69, 9.17) is 34.8 Å². The van der Waals surface area contributed by atoms with Crippen LogP contribution in [0.25, 0.3) is 0 Å². The minimum Gasteiger partial charge on any atom is -0.110 e. The van der Waals surface area contributed by atoms with E-state index in [1.807, 2.05) is 18.2 Å². The molecular formula is C10H11Cl3Si. The molecule has 1 aromatic rings. The molecule has 0 amide bonds. The summed E-state index contributed by atoms with van der Waals surface area (Å²) in [5.41, 5.74) is 1.28. The molecule has 0 aromatic heterocycles. The van der Waals surface area contributed by atoms with Crippen LogP contribution in [0.5, 0.6) is 0 Å². The van der Waals surface area contributed by atoms with Crippen molar-refractivity contribution in [2.75, 3.05) is 0 Å². The van der Waals surface area contributed by atoms with Gasteiger partial charge in [-0.3, -0.25) is 0 Å². The fraction of sp³-hybridized carbons (Fsp3) is 0.400. The molecule has 0 N–H and O–H groups in total. The SMILES string of the molecule is Clc1cccc(CCC[Si]C(Cl)Cl)c1. The highest BCUT2D eigenvalue weighted by Crippen LogP contribution is 2.13. The standard InChI is InChI=1S/C10H11Cl3Si/c11-9-5-1-3-8(7-9)4-2-6-14-10(12)13/h1,3,5,7,10H,2,4,6H2. The fourth-order valence-electron chi connectivity index (χ4n) is 1.20. The van der Waals surface area contributed by atoms with E-state index in [1.54, 1.807) is 0 Å². The number of rotatable bonds is 5. The summed E-state index contributed by atoms with van der Waals surface area (Å²) in [5.74, 6) is 0. The van der Waals surface area contributed by atoms with Gasteiger partial charge in [0.2, 0.25) is 0 Å². The molecule has 1 aromatic carbocycles. The van der Waals surface area contributed by atoms with Gasteiger partial charge in [0.05, 0.1) is 14.0 Å². The van der Waals surface area contributed by atoms with Gasteiger partial charge in [-0.25, -0.2) is 0 Å². The van der Waals surface area contributed by atoms with Crippen molar-refractivity contribution in [2.45, 2.75) is 23.3 Å². The van der Waals surface area contributed by atoms with Crippen LogP contribution >= 0.6 is 34.8 Å². The van der Waals surface area contributed by atoms with Gasteiger partial charge >= 0.3 is 0 Å². The maximum absolute atomic E-state index is 5.87. The van der Waals surface area contributed by atoms with Gasteiger partial charge < -0.3 is 0 Å². The lowest BCUT2D eigenvalue weighted by Crippen LogP contribution is -2.01. The van der Waals surface area contributed by atoms with Crippen molar-refractivity contribution < 1.29 is 0 Å². The first-order chi connectivity index (χ1) is 6.68. The number of benzene rings is 1. The summed E-state index contributed by atoms with van der Waals surface area (Å²) in [7, 11) is 0.635. The lowest BCUT2D eigenvalue weighted by atomic mass is 10.1. The predicted octanol–water partition coefficient (Wildman–Crippen LogP) is 4.16. The van der Waals surface area contributed by atoms with Crippen LogP contribution in [-0.2, 0) is 6.42 Å². The molecule has 0 bridgehead atoms. The Morgan fingerprint density at radius 1 is 1.29 bits per heavy atom. The molecule has 76 valence electrons. The predicted molar refractivity (Wildman–Crippen MR) is 65.8 cm³/mol. The average Bonchev–Trinajstić information content (AvgIpc) is 2.12. The molecule has 2 radical (unpaired) electrons. The van der Waals surface area contributed by atoms with Crippen molar-refractivity contribution in [3.05, 3.63) is 34.9 Å². The minimum atomic E-state index is -0.200. The molecule has 0 unspecified atom stereocenters. The Labute approximate surface area is 102 Å². The smallest absolute Gasteiger partial charge is 0.0929 e. The molecule has 1 rings (SSSR count). The Balaban J connectivity index is 2.25. The second-order valence-corrected chi connectivity index (χ2v) is 6.74. The monoisotopic (exact) mass is 264 g/mol. The Morgan fingerprint density at radius 2 is 2.07 bits per heavy atom. The summed E-state index contributed by atoms with van der Waals surface area (Å²) < 4.78 is -0.200. The highest BCUT2D eigenvalue weighted by Gasteiger charge is 2.00. The first-order valence-electron chi connectivity index (χ1n) is 4.44. The van der Waals surface area contributed by atoms with E-state index in [9.17, 15) is 0 Å². The molecular weight excluding hydrogens is 255 g/mol. The molecule has 0 nitrogen and oxygen atoms in total. The molecule has 4 heteroatoms. The van der Waals surface area contributed by atoms with E-state index in [0.29, 0.717) is 9.52 Å². The van der Waals surface area contributed by atoms with E-state index < -0.39 is 0 Å². The van der Waals surface area contributed by atoms with Gasteiger partial charge in [0, 0.05) is 5.02 Å². The molecule has 0 saturated heterocycles. The average molecular weight is 266 g/mol. The molecule has 0 saturated carbocycles. The highest BCUT2D eigenvalue weighted by molar-refractivity contribution is 6.68. The van der Waals surface area contributed by atoms with E-state index in [0.717, 1.165) is 23.9 Å².